The third-order valence-corrected chi connectivity index (χ3v) is 3.39. The van der Waals surface area contributed by atoms with E-state index in [4.69, 9.17) is 23.2 Å². The molecule has 0 radical (unpaired) electrons. The van der Waals surface area contributed by atoms with E-state index in [0.717, 1.165) is 5.69 Å². The molecule has 0 atom stereocenters. The largest absolute Gasteiger partial charge is 0.339 e. The minimum absolute atomic E-state index is 0.0124. The van der Waals surface area contributed by atoms with E-state index >= 15 is 0 Å². The van der Waals surface area contributed by atoms with E-state index in [0.29, 0.717) is 16.5 Å². The molecule has 3 rings (SSSR count). The first-order chi connectivity index (χ1) is 11.1. The summed E-state index contributed by atoms with van der Waals surface area (Å²) in [4.78, 5) is 4.27. The van der Waals surface area contributed by atoms with Crippen LogP contribution < -0.4 is 10.6 Å². The van der Waals surface area contributed by atoms with Crippen LogP contribution in [0.3, 0.4) is 0 Å². The molecule has 116 valence electrons. The Labute approximate surface area is 141 Å². The van der Waals surface area contributed by atoms with Gasteiger partial charge in [0.15, 0.2) is 5.82 Å². The summed E-state index contributed by atoms with van der Waals surface area (Å²) in [5.41, 5.74) is 1.37. The second-order valence-electron chi connectivity index (χ2n) is 4.55. The van der Waals surface area contributed by atoms with Crippen molar-refractivity contribution in [2.45, 2.75) is 0 Å². The van der Waals surface area contributed by atoms with E-state index in [1.165, 1.54) is 24.4 Å². The zero-order chi connectivity index (χ0) is 16.2. The van der Waals surface area contributed by atoms with Crippen LogP contribution in [-0.2, 0) is 0 Å². The fourth-order valence-electron chi connectivity index (χ4n) is 1.80. The molecule has 0 bridgehead atoms. The zero-order valence-electron chi connectivity index (χ0n) is 11.6. The van der Waals surface area contributed by atoms with E-state index in [1.807, 2.05) is 12.1 Å². The van der Waals surface area contributed by atoms with Gasteiger partial charge in [-0.3, -0.25) is 0 Å². The van der Waals surface area contributed by atoms with Crippen LogP contribution in [0.25, 0.3) is 0 Å². The maximum Gasteiger partial charge on any atom is 0.249 e. The number of rotatable bonds is 4. The molecule has 0 saturated heterocycles. The van der Waals surface area contributed by atoms with Gasteiger partial charge in [-0.15, -0.1) is 5.10 Å². The standard InChI is InChI=1S/C15H10Cl2FN5/c16-9-1-3-10(4-2-9)20-14-8-19-23-15(22-14)21-11-5-6-13(18)12(17)7-11/h1-8H,(H2,20,21,22,23). The first-order valence-electron chi connectivity index (χ1n) is 6.54. The quantitative estimate of drug-likeness (QED) is 0.707. The number of benzene rings is 2. The lowest BCUT2D eigenvalue weighted by molar-refractivity contribution is 0.628. The van der Waals surface area contributed by atoms with Gasteiger partial charge in [0.2, 0.25) is 5.95 Å². The molecular formula is C15H10Cl2FN5. The first kappa shape index (κ1) is 15.5. The fraction of sp³-hybridized carbons (Fsp3) is 0. The summed E-state index contributed by atoms with van der Waals surface area (Å²) in [6, 6.07) is 11.4. The van der Waals surface area contributed by atoms with E-state index in [9.17, 15) is 4.39 Å². The van der Waals surface area contributed by atoms with Crippen molar-refractivity contribution in [1.29, 1.82) is 0 Å². The van der Waals surface area contributed by atoms with Gasteiger partial charge in [0.1, 0.15) is 5.82 Å². The highest BCUT2D eigenvalue weighted by Crippen LogP contribution is 2.22. The smallest absolute Gasteiger partial charge is 0.249 e. The molecule has 5 nitrogen and oxygen atoms in total. The molecule has 0 saturated carbocycles. The summed E-state index contributed by atoms with van der Waals surface area (Å²) in [5, 5.41) is 14.4. The van der Waals surface area contributed by atoms with Crippen molar-refractivity contribution >= 4 is 46.3 Å². The van der Waals surface area contributed by atoms with Crippen LogP contribution >= 0.6 is 23.2 Å². The second-order valence-corrected chi connectivity index (χ2v) is 5.39. The van der Waals surface area contributed by atoms with Gasteiger partial charge in [0.25, 0.3) is 0 Å². The SMILES string of the molecule is Fc1ccc(Nc2nncc(Nc3ccc(Cl)cc3)n2)cc1Cl. The summed E-state index contributed by atoms with van der Waals surface area (Å²) in [5.74, 6) is 0.263. The Bertz CT molecular complexity index is 826. The predicted octanol–water partition coefficient (Wildman–Crippen LogP) is 4.80. The minimum atomic E-state index is -0.491. The molecular weight excluding hydrogens is 340 g/mol. The van der Waals surface area contributed by atoms with Crippen LogP contribution in [0.4, 0.5) is 27.5 Å². The number of anilines is 4. The van der Waals surface area contributed by atoms with Crippen LogP contribution in [0.1, 0.15) is 0 Å². The van der Waals surface area contributed by atoms with Crippen LogP contribution in [0, 0.1) is 5.82 Å². The van der Waals surface area contributed by atoms with Crippen LogP contribution in [0.2, 0.25) is 10.0 Å². The molecule has 3 aromatic rings. The Balaban J connectivity index is 1.76. The lowest BCUT2D eigenvalue weighted by Crippen LogP contribution is -2.02. The predicted molar refractivity (Wildman–Crippen MR) is 89.3 cm³/mol. The Morgan fingerprint density at radius 3 is 2.39 bits per heavy atom. The second kappa shape index (κ2) is 6.76. The molecule has 0 aliphatic heterocycles. The maximum atomic E-state index is 13.1. The molecule has 0 unspecified atom stereocenters. The van der Waals surface area contributed by atoms with Crippen molar-refractivity contribution in [1.82, 2.24) is 15.2 Å². The monoisotopic (exact) mass is 349 g/mol. The Morgan fingerprint density at radius 1 is 0.913 bits per heavy atom. The van der Waals surface area contributed by atoms with Gasteiger partial charge in [0.05, 0.1) is 11.2 Å². The third kappa shape index (κ3) is 4.06. The Hall–Kier alpha value is -2.44. The molecule has 2 aromatic carbocycles. The molecule has 0 fully saturated rings. The van der Waals surface area contributed by atoms with E-state index in [1.54, 1.807) is 12.1 Å². The van der Waals surface area contributed by atoms with Crippen molar-refractivity contribution in [2.75, 3.05) is 10.6 Å². The molecule has 0 aliphatic rings. The summed E-state index contributed by atoms with van der Waals surface area (Å²) < 4.78 is 13.1. The van der Waals surface area contributed by atoms with Crippen molar-refractivity contribution in [3.05, 3.63) is 64.5 Å². The highest BCUT2D eigenvalue weighted by Gasteiger charge is 2.05. The molecule has 8 heteroatoms. The summed E-state index contributed by atoms with van der Waals surface area (Å²) in [7, 11) is 0. The number of halogens is 3. The topological polar surface area (TPSA) is 62.7 Å². The summed E-state index contributed by atoms with van der Waals surface area (Å²) in [6.45, 7) is 0. The van der Waals surface area contributed by atoms with Gasteiger partial charge in [-0.1, -0.05) is 23.2 Å². The molecule has 0 amide bonds. The zero-order valence-corrected chi connectivity index (χ0v) is 13.1. The van der Waals surface area contributed by atoms with Gasteiger partial charge in [0, 0.05) is 16.4 Å². The van der Waals surface area contributed by atoms with Crippen LogP contribution in [-0.4, -0.2) is 15.2 Å². The van der Waals surface area contributed by atoms with Crippen molar-refractivity contribution in [3.8, 4) is 0 Å². The molecule has 0 aliphatic carbocycles. The van der Waals surface area contributed by atoms with Crippen molar-refractivity contribution in [3.63, 3.8) is 0 Å². The first-order valence-corrected chi connectivity index (χ1v) is 7.30. The van der Waals surface area contributed by atoms with E-state index in [-0.39, 0.29) is 11.0 Å². The van der Waals surface area contributed by atoms with Gasteiger partial charge in [-0.25, -0.2) is 4.39 Å². The number of hydrogen-bond acceptors (Lipinski definition) is 5. The average Bonchev–Trinajstić information content (AvgIpc) is 2.54. The fourth-order valence-corrected chi connectivity index (χ4v) is 2.11. The molecule has 1 aromatic heterocycles. The van der Waals surface area contributed by atoms with E-state index in [2.05, 4.69) is 25.8 Å². The molecule has 1 heterocycles. The Kier molecular flexibility index (Phi) is 4.55. The number of nitrogens with zero attached hydrogens (tertiary/aromatic N) is 3. The third-order valence-electron chi connectivity index (χ3n) is 2.85. The lowest BCUT2D eigenvalue weighted by atomic mass is 10.3. The Morgan fingerprint density at radius 2 is 1.65 bits per heavy atom. The van der Waals surface area contributed by atoms with Gasteiger partial charge in [-0.05, 0) is 42.5 Å². The highest BCUT2D eigenvalue weighted by molar-refractivity contribution is 6.31. The van der Waals surface area contributed by atoms with Crippen molar-refractivity contribution in [2.24, 2.45) is 0 Å². The molecule has 23 heavy (non-hydrogen) atoms. The minimum Gasteiger partial charge on any atom is -0.339 e. The molecule has 0 spiro atoms. The number of nitrogens with one attached hydrogen (secondary N) is 2. The normalized spacial score (nSPS) is 10.4. The van der Waals surface area contributed by atoms with Gasteiger partial charge < -0.3 is 10.6 Å². The lowest BCUT2D eigenvalue weighted by Gasteiger charge is -2.08. The average molecular weight is 350 g/mol. The highest BCUT2D eigenvalue weighted by atomic mass is 35.5. The van der Waals surface area contributed by atoms with E-state index < -0.39 is 5.82 Å². The van der Waals surface area contributed by atoms with Crippen molar-refractivity contribution < 1.29 is 4.39 Å². The number of hydrogen-bond donors (Lipinski definition) is 2. The van der Waals surface area contributed by atoms with Crippen LogP contribution in [0.15, 0.2) is 48.7 Å². The molecule has 2 N–H and O–H groups in total. The summed E-state index contributed by atoms with van der Waals surface area (Å²) in [6.07, 6.45) is 1.48. The van der Waals surface area contributed by atoms with Gasteiger partial charge >= 0.3 is 0 Å². The summed E-state index contributed by atoms with van der Waals surface area (Å²) >= 11 is 11.6. The number of aromatic nitrogens is 3. The van der Waals surface area contributed by atoms with Crippen LogP contribution in [0.5, 0.6) is 0 Å². The maximum absolute atomic E-state index is 13.1. The van der Waals surface area contributed by atoms with Gasteiger partial charge in [-0.2, -0.15) is 10.1 Å².